The molecule has 0 aliphatic carbocycles. The predicted molar refractivity (Wildman–Crippen MR) is 136 cm³/mol. The monoisotopic (exact) mass is 504 g/mol. The van der Waals surface area contributed by atoms with Crippen molar-refractivity contribution in [2.24, 2.45) is 0 Å². The van der Waals surface area contributed by atoms with Crippen LogP contribution in [0.25, 0.3) is 11.1 Å². The molecule has 0 radical (unpaired) electrons. The number of imide groups is 1. The molecule has 0 spiro atoms. The third-order valence-electron chi connectivity index (χ3n) is 6.33. The summed E-state index contributed by atoms with van der Waals surface area (Å²) in [5, 5.41) is 20.6. The second-order valence-electron chi connectivity index (χ2n) is 8.99. The number of amides is 3. The van der Waals surface area contributed by atoms with Crippen molar-refractivity contribution in [3.63, 3.8) is 0 Å². The van der Waals surface area contributed by atoms with Gasteiger partial charge in [-0.15, -0.1) is 0 Å². The van der Waals surface area contributed by atoms with E-state index in [1.165, 1.54) is 23.4 Å². The first-order valence-electron chi connectivity index (χ1n) is 11.4. The molecule has 1 aliphatic rings. The van der Waals surface area contributed by atoms with Crippen LogP contribution in [0.2, 0.25) is 5.02 Å². The number of benzene rings is 2. The molecule has 184 valence electrons. The second kappa shape index (κ2) is 9.88. The molecule has 4 rings (SSSR count). The molecular weight excluding hydrogens is 480 g/mol. The number of ether oxygens (including phenoxy) is 1. The van der Waals surface area contributed by atoms with E-state index in [4.69, 9.17) is 16.3 Å². The molecule has 3 aromatic rings. The largest absolute Gasteiger partial charge is 0.619 e. The summed E-state index contributed by atoms with van der Waals surface area (Å²) in [5.41, 5.74) is 2.02. The predicted octanol–water partition coefficient (Wildman–Crippen LogP) is 4.84. The van der Waals surface area contributed by atoms with Gasteiger partial charge in [-0.1, -0.05) is 23.7 Å². The fourth-order valence-electron chi connectivity index (χ4n) is 4.19. The standard InChI is InChI=1S/C27H25ClN4O4/c1-18-23(10-7-21(17-29)24(18)28)32-25(33)27(2,3)31(26(32)34)13-4-16-36-22-8-5-19(6-9-22)20-11-14-30(35)15-12-20/h5-12,14-15H,4,13,16H2,1-3H3. The number of halogens is 1. The lowest BCUT2D eigenvalue weighted by molar-refractivity contribution is -0.605. The fraction of sp³-hybridized carbons (Fsp3) is 0.259. The Kier molecular flexibility index (Phi) is 6.86. The third kappa shape index (κ3) is 4.58. The quantitative estimate of drug-likeness (QED) is 0.198. The van der Waals surface area contributed by atoms with Gasteiger partial charge in [0.25, 0.3) is 5.91 Å². The summed E-state index contributed by atoms with van der Waals surface area (Å²) < 4.78 is 6.58. The Hall–Kier alpha value is -4.09. The van der Waals surface area contributed by atoms with Crippen molar-refractivity contribution in [2.75, 3.05) is 18.1 Å². The molecule has 2 heterocycles. The van der Waals surface area contributed by atoms with Gasteiger partial charge >= 0.3 is 6.03 Å². The molecule has 8 nitrogen and oxygen atoms in total. The van der Waals surface area contributed by atoms with Crippen molar-refractivity contribution < 1.29 is 19.1 Å². The minimum Gasteiger partial charge on any atom is -0.619 e. The van der Waals surface area contributed by atoms with Gasteiger partial charge in [0, 0.05) is 18.7 Å². The maximum Gasteiger partial charge on any atom is 0.332 e. The summed E-state index contributed by atoms with van der Waals surface area (Å²) in [4.78, 5) is 29.1. The number of pyridine rings is 1. The van der Waals surface area contributed by atoms with E-state index in [1.54, 1.807) is 39.0 Å². The van der Waals surface area contributed by atoms with Crippen LogP contribution in [0, 0.1) is 23.5 Å². The molecule has 3 amide bonds. The summed E-state index contributed by atoms with van der Waals surface area (Å²) in [7, 11) is 0. The van der Waals surface area contributed by atoms with E-state index in [9.17, 15) is 20.1 Å². The molecule has 0 unspecified atom stereocenters. The first kappa shape index (κ1) is 25.0. The van der Waals surface area contributed by atoms with E-state index < -0.39 is 11.6 Å². The Morgan fingerprint density at radius 3 is 2.33 bits per heavy atom. The van der Waals surface area contributed by atoms with Crippen molar-refractivity contribution in [3.8, 4) is 22.9 Å². The van der Waals surface area contributed by atoms with Crippen LogP contribution in [0.5, 0.6) is 5.75 Å². The van der Waals surface area contributed by atoms with Crippen LogP contribution in [-0.2, 0) is 4.79 Å². The van der Waals surface area contributed by atoms with E-state index in [-0.39, 0.29) is 16.5 Å². The number of hydrogen-bond donors (Lipinski definition) is 0. The van der Waals surface area contributed by atoms with Gasteiger partial charge < -0.3 is 14.8 Å². The minimum atomic E-state index is -1.04. The first-order valence-corrected chi connectivity index (χ1v) is 11.8. The molecule has 0 atom stereocenters. The van der Waals surface area contributed by atoms with Crippen LogP contribution in [0.3, 0.4) is 0 Å². The van der Waals surface area contributed by atoms with Gasteiger partial charge in [-0.05, 0) is 68.1 Å². The van der Waals surface area contributed by atoms with Gasteiger partial charge in [0.05, 0.1) is 22.9 Å². The molecule has 1 saturated heterocycles. The maximum atomic E-state index is 13.3. The molecule has 9 heteroatoms. The molecule has 2 aromatic carbocycles. The summed E-state index contributed by atoms with van der Waals surface area (Å²) in [6.07, 6.45) is 3.42. The van der Waals surface area contributed by atoms with Crippen LogP contribution in [0.4, 0.5) is 10.5 Å². The number of rotatable bonds is 7. The zero-order valence-electron chi connectivity index (χ0n) is 20.2. The zero-order chi connectivity index (χ0) is 26.0. The SMILES string of the molecule is Cc1c(N2C(=O)N(CCCOc3ccc(-c4cc[n+]([O-])cc4)cc3)C(C)(C)C2=O)ccc(C#N)c1Cl. The number of carbonyl (C=O) groups is 2. The molecule has 1 aromatic heterocycles. The third-order valence-corrected chi connectivity index (χ3v) is 6.81. The smallest absolute Gasteiger partial charge is 0.332 e. The average molecular weight is 505 g/mol. The molecular formula is C27H25ClN4O4. The number of nitrogens with zero attached hydrogens (tertiary/aromatic N) is 4. The van der Waals surface area contributed by atoms with Gasteiger partial charge in [0.2, 0.25) is 0 Å². The summed E-state index contributed by atoms with van der Waals surface area (Å²) >= 11 is 6.28. The number of aromatic nitrogens is 1. The summed E-state index contributed by atoms with van der Waals surface area (Å²) in [6, 6.07) is 15.7. The molecule has 1 aliphatic heterocycles. The Labute approximate surface area is 214 Å². The highest BCUT2D eigenvalue weighted by atomic mass is 35.5. The van der Waals surface area contributed by atoms with Crippen LogP contribution >= 0.6 is 11.6 Å². The van der Waals surface area contributed by atoms with Crippen molar-refractivity contribution in [1.82, 2.24) is 4.90 Å². The topological polar surface area (TPSA) is 101 Å². The van der Waals surface area contributed by atoms with E-state index in [0.717, 1.165) is 20.8 Å². The van der Waals surface area contributed by atoms with Crippen molar-refractivity contribution in [2.45, 2.75) is 32.7 Å². The normalized spacial score (nSPS) is 14.8. The van der Waals surface area contributed by atoms with Gasteiger partial charge in [0.15, 0.2) is 12.4 Å². The highest BCUT2D eigenvalue weighted by molar-refractivity contribution is 6.33. The van der Waals surface area contributed by atoms with Crippen molar-refractivity contribution >= 4 is 29.2 Å². The minimum absolute atomic E-state index is 0.229. The molecule has 0 saturated carbocycles. The van der Waals surface area contributed by atoms with E-state index in [0.29, 0.717) is 36.6 Å². The Balaban J connectivity index is 1.39. The fourth-order valence-corrected chi connectivity index (χ4v) is 4.39. The van der Waals surface area contributed by atoms with E-state index >= 15 is 0 Å². The number of carbonyl (C=O) groups excluding carboxylic acids is 2. The molecule has 0 bridgehead atoms. The summed E-state index contributed by atoms with van der Waals surface area (Å²) in [5.74, 6) is 0.331. The Morgan fingerprint density at radius 2 is 1.69 bits per heavy atom. The van der Waals surface area contributed by atoms with Crippen molar-refractivity contribution in [1.29, 1.82) is 5.26 Å². The number of urea groups is 1. The first-order chi connectivity index (χ1) is 17.1. The zero-order valence-corrected chi connectivity index (χ0v) is 21.0. The highest BCUT2D eigenvalue weighted by Gasteiger charge is 2.51. The molecule has 1 fully saturated rings. The average Bonchev–Trinajstić information content (AvgIpc) is 3.03. The van der Waals surface area contributed by atoms with Gasteiger partial charge in [0.1, 0.15) is 17.4 Å². The molecule has 0 N–H and O–H groups in total. The van der Waals surface area contributed by atoms with Crippen LogP contribution in [0.15, 0.2) is 60.9 Å². The Morgan fingerprint density at radius 1 is 1.06 bits per heavy atom. The highest BCUT2D eigenvalue weighted by Crippen LogP contribution is 2.37. The van der Waals surface area contributed by atoms with Gasteiger partial charge in [-0.25, -0.2) is 9.69 Å². The van der Waals surface area contributed by atoms with Crippen LogP contribution in [0.1, 0.15) is 31.4 Å². The van der Waals surface area contributed by atoms with E-state index in [2.05, 4.69) is 0 Å². The van der Waals surface area contributed by atoms with Gasteiger partial charge in [-0.3, -0.25) is 4.79 Å². The number of nitriles is 1. The van der Waals surface area contributed by atoms with Crippen LogP contribution < -0.4 is 14.4 Å². The summed E-state index contributed by atoms with van der Waals surface area (Å²) in [6.45, 7) is 5.80. The molecule has 36 heavy (non-hydrogen) atoms. The second-order valence-corrected chi connectivity index (χ2v) is 9.37. The number of anilines is 1. The van der Waals surface area contributed by atoms with Crippen molar-refractivity contribution in [3.05, 3.63) is 82.3 Å². The maximum absolute atomic E-state index is 13.3. The lowest BCUT2D eigenvalue weighted by atomic mass is 10.0. The number of hydrogen-bond acceptors (Lipinski definition) is 5. The lowest BCUT2D eigenvalue weighted by Gasteiger charge is -2.27. The van der Waals surface area contributed by atoms with E-state index in [1.807, 2.05) is 30.3 Å². The van der Waals surface area contributed by atoms with Crippen LogP contribution in [-0.4, -0.2) is 35.5 Å². The Bertz CT molecular complexity index is 1350. The van der Waals surface area contributed by atoms with Gasteiger partial charge in [-0.2, -0.15) is 9.99 Å². The lowest BCUT2D eigenvalue weighted by Crippen LogP contribution is -2.44.